The van der Waals surface area contributed by atoms with Gasteiger partial charge in [-0.2, -0.15) is 0 Å². The van der Waals surface area contributed by atoms with Crippen molar-refractivity contribution in [2.24, 2.45) is 16.6 Å². The number of aliphatic hydroxyl groups excluding tert-OH is 1. The van der Waals surface area contributed by atoms with E-state index in [1.54, 1.807) is 0 Å². The molecule has 0 amide bonds. The summed E-state index contributed by atoms with van der Waals surface area (Å²) in [4.78, 5) is 0. The van der Waals surface area contributed by atoms with Crippen LogP contribution in [0.15, 0.2) is 5.16 Å². The lowest BCUT2D eigenvalue weighted by Crippen LogP contribution is -2.13. The molecule has 0 aromatic heterocycles. The molecule has 0 spiro atoms. The van der Waals surface area contributed by atoms with Crippen LogP contribution in [0.3, 0.4) is 0 Å². The van der Waals surface area contributed by atoms with Crippen LogP contribution in [0.2, 0.25) is 0 Å². The first-order chi connectivity index (χ1) is 4.54. The van der Waals surface area contributed by atoms with Gasteiger partial charge in [0.25, 0.3) is 0 Å². The molecule has 6 nitrogen and oxygen atoms in total. The van der Waals surface area contributed by atoms with E-state index in [1.165, 1.54) is 6.92 Å². The summed E-state index contributed by atoms with van der Waals surface area (Å²) in [5.41, 5.74) is 9.42. The fraction of sp³-hybridized carbons (Fsp3) is 0.500. The van der Waals surface area contributed by atoms with Crippen LogP contribution in [0.1, 0.15) is 6.92 Å². The van der Waals surface area contributed by atoms with Gasteiger partial charge in [-0.3, -0.25) is 5.41 Å². The lowest BCUT2D eigenvalue weighted by molar-refractivity contribution is 0.318. The minimum absolute atomic E-state index is 0.185. The summed E-state index contributed by atoms with van der Waals surface area (Å²) in [5.74, 6) is -0.00463. The zero-order chi connectivity index (χ0) is 8.57. The Labute approximate surface area is 58.6 Å². The highest BCUT2D eigenvalue weighted by molar-refractivity contribution is 5.77. The highest BCUT2D eigenvalue weighted by Gasteiger charge is 1.72. The number of nitrogens with one attached hydrogen (secondary N) is 1. The zero-order valence-corrected chi connectivity index (χ0v) is 5.70. The molecule has 0 heterocycles. The molecule has 0 saturated carbocycles. The SMILES string of the molecule is CC(N)=NO.N=C(N)CO. The van der Waals surface area contributed by atoms with E-state index in [0.717, 1.165) is 0 Å². The molecule has 0 aliphatic carbocycles. The second-order valence-electron chi connectivity index (χ2n) is 1.42. The number of hydrogen-bond acceptors (Lipinski definition) is 4. The highest BCUT2D eigenvalue weighted by Crippen LogP contribution is 1.51. The fourth-order valence-electron chi connectivity index (χ4n) is 0. The molecule has 0 bridgehead atoms. The molecule has 6 heteroatoms. The van der Waals surface area contributed by atoms with Gasteiger partial charge in [-0.15, -0.1) is 0 Å². The molecule has 0 saturated heterocycles. The minimum atomic E-state index is -0.333. The number of rotatable bonds is 1. The Bertz CT molecular complexity index is 118. The Morgan fingerprint density at radius 2 is 1.80 bits per heavy atom. The Hall–Kier alpha value is -1.30. The summed E-state index contributed by atoms with van der Waals surface area (Å²) in [5, 5.41) is 24.3. The Balaban J connectivity index is 0. The monoisotopic (exact) mass is 148 g/mol. The van der Waals surface area contributed by atoms with E-state index in [2.05, 4.69) is 10.9 Å². The Morgan fingerprint density at radius 1 is 1.60 bits per heavy atom. The molecular weight excluding hydrogens is 136 g/mol. The summed E-state index contributed by atoms with van der Waals surface area (Å²) in [6, 6.07) is 0. The third-order valence-corrected chi connectivity index (χ3v) is 0.328. The molecule has 7 N–H and O–H groups in total. The van der Waals surface area contributed by atoms with Gasteiger partial charge in [0.1, 0.15) is 11.7 Å². The minimum Gasteiger partial charge on any atom is -0.409 e. The van der Waals surface area contributed by atoms with Gasteiger partial charge in [-0.1, -0.05) is 5.16 Å². The molecule has 0 fully saturated rings. The first-order valence-corrected chi connectivity index (χ1v) is 2.42. The van der Waals surface area contributed by atoms with Gasteiger partial charge in [0, 0.05) is 0 Å². The molecular formula is C4H12N4O2. The molecule has 0 unspecified atom stereocenters. The third-order valence-electron chi connectivity index (χ3n) is 0.328. The molecule has 0 radical (unpaired) electrons. The van der Waals surface area contributed by atoms with E-state index in [-0.39, 0.29) is 18.3 Å². The topological polar surface area (TPSA) is 129 Å². The van der Waals surface area contributed by atoms with Crippen molar-refractivity contribution >= 4 is 11.7 Å². The van der Waals surface area contributed by atoms with Crippen LogP contribution in [0.25, 0.3) is 0 Å². The average Bonchev–Trinajstić information content (AvgIpc) is 1.89. The Morgan fingerprint density at radius 3 is 1.80 bits per heavy atom. The number of oxime groups is 1. The van der Waals surface area contributed by atoms with E-state index < -0.39 is 0 Å². The summed E-state index contributed by atoms with van der Waals surface area (Å²) < 4.78 is 0. The van der Waals surface area contributed by atoms with Crippen LogP contribution in [0.5, 0.6) is 0 Å². The Kier molecular flexibility index (Phi) is 8.85. The molecule has 0 aliphatic rings. The predicted molar refractivity (Wildman–Crippen MR) is 38.1 cm³/mol. The van der Waals surface area contributed by atoms with Crippen LogP contribution >= 0.6 is 0 Å². The molecule has 0 aliphatic heterocycles. The van der Waals surface area contributed by atoms with Crippen molar-refractivity contribution in [2.75, 3.05) is 6.61 Å². The van der Waals surface area contributed by atoms with Crippen molar-refractivity contribution in [3.05, 3.63) is 0 Å². The highest BCUT2D eigenvalue weighted by atomic mass is 16.4. The van der Waals surface area contributed by atoms with Gasteiger partial charge in [0.15, 0.2) is 0 Å². The standard InChI is InChI=1S/2C2H6N2O/c1-2(3)4-5;3-2(4)1-5/h5H,1H3,(H2,3,4);5H,1H2,(H3,3,4). The maximum Gasteiger partial charge on any atom is 0.135 e. The van der Waals surface area contributed by atoms with Crippen LogP contribution in [0.4, 0.5) is 0 Å². The van der Waals surface area contributed by atoms with Gasteiger partial charge in [-0.05, 0) is 6.92 Å². The molecule has 0 atom stereocenters. The van der Waals surface area contributed by atoms with E-state index in [1.807, 2.05) is 0 Å². The van der Waals surface area contributed by atoms with E-state index >= 15 is 0 Å². The number of hydrogen-bond donors (Lipinski definition) is 5. The van der Waals surface area contributed by atoms with E-state index in [0.29, 0.717) is 0 Å². The van der Waals surface area contributed by atoms with Crippen LogP contribution in [-0.4, -0.2) is 28.6 Å². The van der Waals surface area contributed by atoms with Gasteiger partial charge in [0.05, 0.1) is 6.61 Å². The van der Waals surface area contributed by atoms with Crippen molar-refractivity contribution in [1.82, 2.24) is 0 Å². The largest absolute Gasteiger partial charge is 0.409 e. The quantitative estimate of drug-likeness (QED) is 0.136. The van der Waals surface area contributed by atoms with E-state index in [9.17, 15) is 0 Å². The zero-order valence-electron chi connectivity index (χ0n) is 5.70. The predicted octanol–water partition coefficient (Wildman–Crippen LogP) is -1.33. The summed E-state index contributed by atoms with van der Waals surface area (Å²) in [7, 11) is 0. The van der Waals surface area contributed by atoms with Crippen LogP contribution in [-0.2, 0) is 0 Å². The first-order valence-electron chi connectivity index (χ1n) is 2.42. The van der Waals surface area contributed by atoms with Gasteiger partial charge >= 0.3 is 0 Å². The van der Waals surface area contributed by atoms with Gasteiger partial charge in [0.2, 0.25) is 0 Å². The van der Waals surface area contributed by atoms with E-state index in [4.69, 9.17) is 21.5 Å². The summed E-state index contributed by atoms with van der Waals surface area (Å²) in [6.07, 6.45) is 0. The first kappa shape index (κ1) is 11.5. The normalized spacial score (nSPS) is 9.60. The summed E-state index contributed by atoms with van der Waals surface area (Å²) >= 11 is 0. The third kappa shape index (κ3) is 29.9. The number of nitrogens with zero attached hydrogens (tertiary/aromatic N) is 1. The molecule has 10 heavy (non-hydrogen) atoms. The maximum absolute atomic E-state index is 7.79. The van der Waals surface area contributed by atoms with Gasteiger partial charge in [-0.25, -0.2) is 0 Å². The van der Waals surface area contributed by atoms with Crippen molar-refractivity contribution in [3.63, 3.8) is 0 Å². The summed E-state index contributed by atoms with van der Waals surface area (Å²) in [6.45, 7) is 1.17. The lowest BCUT2D eigenvalue weighted by Gasteiger charge is -1.78. The van der Waals surface area contributed by atoms with Crippen molar-refractivity contribution < 1.29 is 10.3 Å². The second kappa shape index (κ2) is 7.70. The maximum atomic E-state index is 7.79. The number of aliphatic hydroxyl groups is 1. The van der Waals surface area contributed by atoms with Crippen molar-refractivity contribution in [3.8, 4) is 0 Å². The molecule has 60 valence electrons. The lowest BCUT2D eigenvalue weighted by atomic mass is 10.7. The van der Waals surface area contributed by atoms with Gasteiger partial charge < -0.3 is 21.8 Å². The van der Waals surface area contributed by atoms with Crippen LogP contribution in [0, 0.1) is 5.41 Å². The van der Waals surface area contributed by atoms with Crippen molar-refractivity contribution in [1.29, 1.82) is 5.41 Å². The smallest absolute Gasteiger partial charge is 0.135 e. The second-order valence-corrected chi connectivity index (χ2v) is 1.42. The molecule has 0 aromatic rings. The number of amidine groups is 2. The molecule has 0 aromatic carbocycles. The van der Waals surface area contributed by atoms with Crippen LogP contribution < -0.4 is 11.5 Å². The molecule has 0 rings (SSSR count). The van der Waals surface area contributed by atoms with Crippen molar-refractivity contribution in [2.45, 2.75) is 6.92 Å². The average molecular weight is 148 g/mol. The fourth-order valence-corrected chi connectivity index (χ4v) is 0. The number of nitrogens with two attached hydrogens (primary N) is 2.